The Morgan fingerprint density at radius 3 is 2.76 bits per heavy atom. The Balaban J connectivity index is 1.62. The summed E-state index contributed by atoms with van der Waals surface area (Å²) >= 11 is 3.81. The van der Waals surface area contributed by atoms with Crippen LogP contribution in [0.25, 0.3) is 0 Å². The van der Waals surface area contributed by atoms with Crippen LogP contribution in [0.15, 0.2) is 36.7 Å². The zero-order valence-corrected chi connectivity index (χ0v) is 15.4. The molecule has 0 amide bonds. The normalized spacial score (nSPS) is 14.5. The third kappa shape index (κ3) is 4.89. The molecule has 1 aliphatic heterocycles. The number of hydrogen-bond donors (Lipinski definition) is 0. The van der Waals surface area contributed by atoms with Crippen LogP contribution in [0.3, 0.4) is 0 Å². The summed E-state index contributed by atoms with van der Waals surface area (Å²) in [7, 11) is 1.56. The van der Waals surface area contributed by atoms with Crippen molar-refractivity contribution in [2.45, 2.75) is 17.4 Å². The number of methoxy groups -OCH3 is 1. The third-order valence-electron chi connectivity index (χ3n) is 3.68. The average molecular weight is 379 g/mol. The number of halogens is 1. The summed E-state index contributed by atoms with van der Waals surface area (Å²) < 4.78 is 24.3. The maximum atomic E-state index is 13.1. The predicted octanol–water partition coefficient (Wildman–Crippen LogP) is 4.25. The van der Waals surface area contributed by atoms with Gasteiger partial charge in [0.15, 0.2) is 11.5 Å². The van der Waals surface area contributed by atoms with E-state index in [4.69, 9.17) is 9.47 Å². The monoisotopic (exact) mass is 379 g/mol. The van der Waals surface area contributed by atoms with Crippen LogP contribution in [0.4, 0.5) is 4.39 Å². The molecule has 0 spiro atoms. The van der Waals surface area contributed by atoms with Crippen molar-refractivity contribution < 1.29 is 18.7 Å². The number of aryl methyl sites for hydroxylation is 1. The molecule has 0 unspecified atom stereocenters. The molecule has 0 aliphatic carbocycles. The van der Waals surface area contributed by atoms with Crippen molar-refractivity contribution in [3.05, 3.63) is 53.6 Å². The molecule has 4 nitrogen and oxygen atoms in total. The standard InChI is InChI=1S/C18H18FNO3S2/c1-22-16-9-13(18-24-6-7-25-18)3-4-15(16)23-17(21)5-2-12-8-14(19)11-20-10-12/h3-4,8-11,18H,2,5-7H2,1H3. The largest absolute Gasteiger partial charge is 0.493 e. The zero-order valence-electron chi connectivity index (χ0n) is 13.7. The first kappa shape index (κ1) is 18.1. The van der Waals surface area contributed by atoms with Crippen molar-refractivity contribution in [1.29, 1.82) is 0 Å². The zero-order chi connectivity index (χ0) is 17.6. The van der Waals surface area contributed by atoms with Gasteiger partial charge in [-0.1, -0.05) is 6.07 Å². The second-order valence-corrected chi connectivity index (χ2v) is 8.19. The van der Waals surface area contributed by atoms with E-state index in [0.29, 0.717) is 28.1 Å². The molecule has 1 aliphatic rings. The van der Waals surface area contributed by atoms with Crippen LogP contribution in [-0.4, -0.2) is 29.6 Å². The number of benzene rings is 1. The van der Waals surface area contributed by atoms with Gasteiger partial charge in [0.2, 0.25) is 0 Å². The quantitative estimate of drug-likeness (QED) is 0.552. The van der Waals surface area contributed by atoms with Crippen LogP contribution in [0.2, 0.25) is 0 Å². The molecule has 1 fully saturated rings. The lowest BCUT2D eigenvalue weighted by molar-refractivity contribution is -0.134. The number of nitrogens with zero attached hydrogens (tertiary/aromatic N) is 1. The SMILES string of the molecule is COc1cc(C2SCCS2)ccc1OC(=O)CCc1cncc(F)c1. The lowest BCUT2D eigenvalue weighted by Crippen LogP contribution is -2.10. The van der Waals surface area contributed by atoms with Crippen molar-refractivity contribution in [3.8, 4) is 11.5 Å². The number of thioether (sulfide) groups is 2. The third-order valence-corrected chi connectivity index (χ3v) is 6.79. The topological polar surface area (TPSA) is 48.4 Å². The first-order chi connectivity index (χ1) is 12.2. The van der Waals surface area contributed by atoms with E-state index in [2.05, 4.69) is 4.98 Å². The van der Waals surface area contributed by atoms with Crippen molar-refractivity contribution in [2.75, 3.05) is 18.6 Å². The molecule has 1 aromatic carbocycles. The van der Waals surface area contributed by atoms with Gasteiger partial charge in [0, 0.05) is 17.7 Å². The van der Waals surface area contributed by atoms with Crippen molar-refractivity contribution >= 4 is 29.5 Å². The van der Waals surface area contributed by atoms with Gasteiger partial charge < -0.3 is 9.47 Å². The molecule has 2 heterocycles. The van der Waals surface area contributed by atoms with Gasteiger partial charge >= 0.3 is 5.97 Å². The summed E-state index contributed by atoms with van der Waals surface area (Å²) in [5, 5.41) is 0. The number of rotatable bonds is 6. The first-order valence-corrected chi connectivity index (χ1v) is 9.96. The summed E-state index contributed by atoms with van der Waals surface area (Å²) in [6.07, 6.45) is 3.20. The van der Waals surface area contributed by atoms with Crippen LogP contribution < -0.4 is 9.47 Å². The summed E-state index contributed by atoms with van der Waals surface area (Å²) in [4.78, 5) is 15.8. The van der Waals surface area contributed by atoms with Gasteiger partial charge in [0.1, 0.15) is 5.82 Å². The molecule has 0 bridgehead atoms. The van der Waals surface area contributed by atoms with E-state index in [0.717, 1.165) is 23.3 Å². The molecule has 1 aromatic heterocycles. The van der Waals surface area contributed by atoms with Gasteiger partial charge in [-0.2, -0.15) is 0 Å². The predicted molar refractivity (Wildman–Crippen MR) is 98.8 cm³/mol. The minimum absolute atomic E-state index is 0.143. The van der Waals surface area contributed by atoms with E-state index in [9.17, 15) is 9.18 Å². The van der Waals surface area contributed by atoms with Gasteiger partial charge in [-0.3, -0.25) is 9.78 Å². The number of esters is 1. The smallest absolute Gasteiger partial charge is 0.311 e. The average Bonchev–Trinajstić information content (AvgIpc) is 3.15. The molecule has 0 radical (unpaired) electrons. The van der Waals surface area contributed by atoms with Gasteiger partial charge in [0.25, 0.3) is 0 Å². The second-order valence-electron chi connectivity index (χ2n) is 5.47. The molecule has 7 heteroatoms. The van der Waals surface area contributed by atoms with Crippen LogP contribution in [0.1, 0.15) is 22.1 Å². The minimum atomic E-state index is -0.411. The molecular weight excluding hydrogens is 361 g/mol. The van der Waals surface area contributed by atoms with Gasteiger partial charge in [-0.05, 0) is 35.7 Å². The summed E-state index contributed by atoms with van der Waals surface area (Å²) in [6.45, 7) is 0. The van der Waals surface area contributed by atoms with E-state index in [1.54, 1.807) is 19.4 Å². The van der Waals surface area contributed by atoms with Crippen LogP contribution >= 0.6 is 23.5 Å². The fraction of sp³-hybridized carbons (Fsp3) is 0.333. The highest BCUT2D eigenvalue weighted by molar-refractivity contribution is 8.19. The number of pyridine rings is 1. The number of carbonyl (C=O) groups is 1. The highest BCUT2D eigenvalue weighted by Gasteiger charge is 2.20. The Bertz CT molecular complexity index is 751. The maximum Gasteiger partial charge on any atom is 0.311 e. The summed E-state index contributed by atoms with van der Waals surface area (Å²) in [5.74, 6) is 2.44. The Kier molecular flexibility index (Phi) is 6.20. The first-order valence-electron chi connectivity index (χ1n) is 7.87. The van der Waals surface area contributed by atoms with Crippen molar-refractivity contribution in [3.63, 3.8) is 0 Å². The molecule has 2 aromatic rings. The Morgan fingerprint density at radius 2 is 2.04 bits per heavy atom. The fourth-order valence-electron chi connectivity index (χ4n) is 2.48. The van der Waals surface area contributed by atoms with E-state index < -0.39 is 5.82 Å². The van der Waals surface area contributed by atoms with Gasteiger partial charge in [0.05, 0.1) is 24.3 Å². The molecule has 25 heavy (non-hydrogen) atoms. The second kappa shape index (κ2) is 8.58. The van der Waals surface area contributed by atoms with Gasteiger partial charge in [-0.15, -0.1) is 23.5 Å². The maximum absolute atomic E-state index is 13.1. The number of carbonyl (C=O) groups excluding carboxylic acids is 1. The van der Waals surface area contributed by atoms with Gasteiger partial charge in [-0.25, -0.2) is 4.39 Å². The Labute approximate surface area is 154 Å². The lowest BCUT2D eigenvalue weighted by Gasteiger charge is -2.13. The Hall–Kier alpha value is -1.73. The molecule has 132 valence electrons. The number of ether oxygens (including phenoxy) is 2. The van der Waals surface area contributed by atoms with E-state index in [1.165, 1.54) is 6.07 Å². The number of aromatic nitrogens is 1. The molecule has 1 saturated heterocycles. The van der Waals surface area contributed by atoms with E-state index in [1.807, 2.05) is 35.7 Å². The van der Waals surface area contributed by atoms with Crippen LogP contribution in [0.5, 0.6) is 11.5 Å². The molecule has 0 atom stereocenters. The van der Waals surface area contributed by atoms with Crippen molar-refractivity contribution in [1.82, 2.24) is 4.98 Å². The highest BCUT2D eigenvalue weighted by Crippen LogP contribution is 2.46. The van der Waals surface area contributed by atoms with Crippen LogP contribution in [-0.2, 0) is 11.2 Å². The molecular formula is C18H18FNO3S2. The van der Waals surface area contributed by atoms with Crippen molar-refractivity contribution in [2.24, 2.45) is 0 Å². The summed E-state index contributed by atoms with van der Waals surface area (Å²) in [6, 6.07) is 7.04. The Morgan fingerprint density at radius 1 is 1.24 bits per heavy atom. The highest BCUT2D eigenvalue weighted by atomic mass is 32.2. The van der Waals surface area contributed by atoms with E-state index >= 15 is 0 Å². The van der Waals surface area contributed by atoms with E-state index in [-0.39, 0.29) is 12.4 Å². The fourth-order valence-corrected chi connectivity index (χ4v) is 5.32. The molecule has 3 rings (SSSR count). The molecule has 0 saturated carbocycles. The minimum Gasteiger partial charge on any atom is -0.493 e. The summed E-state index contributed by atoms with van der Waals surface area (Å²) in [5.41, 5.74) is 1.82. The van der Waals surface area contributed by atoms with Crippen LogP contribution in [0, 0.1) is 5.82 Å². The molecule has 0 N–H and O–H groups in total. The lowest BCUT2D eigenvalue weighted by atomic mass is 10.1. The number of hydrogen-bond acceptors (Lipinski definition) is 6.